The molecule has 0 saturated heterocycles. The molecule has 0 bridgehead atoms. The molecule has 2 N–H and O–H groups in total. The number of hydrogen-bond acceptors (Lipinski definition) is 5. The van der Waals surface area contributed by atoms with Crippen molar-refractivity contribution in [3.05, 3.63) is 83.7 Å². The maximum atomic E-state index is 12.9. The predicted molar refractivity (Wildman–Crippen MR) is 142 cm³/mol. The first-order valence-electron chi connectivity index (χ1n) is 11.7. The first kappa shape index (κ1) is 26.2. The normalized spacial score (nSPS) is 11.8. The van der Waals surface area contributed by atoms with Gasteiger partial charge in [0, 0.05) is 17.8 Å². The molecule has 7 nitrogen and oxygen atoms in total. The first-order valence-corrected chi connectivity index (χ1v) is 12.7. The van der Waals surface area contributed by atoms with Crippen LogP contribution in [0.4, 0.5) is 5.69 Å². The molecule has 3 rings (SSSR count). The molecule has 0 radical (unpaired) electrons. The van der Waals surface area contributed by atoms with E-state index in [1.165, 1.54) is 11.8 Å². The van der Waals surface area contributed by atoms with E-state index in [1.54, 1.807) is 18.2 Å². The molecule has 1 unspecified atom stereocenters. The Morgan fingerprint density at radius 3 is 2.51 bits per heavy atom. The second-order valence-corrected chi connectivity index (χ2v) is 9.79. The highest BCUT2D eigenvalue weighted by molar-refractivity contribution is 7.99. The Morgan fingerprint density at radius 2 is 1.83 bits per heavy atom. The molecule has 184 valence electrons. The average Bonchev–Trinajstić information content (AvgIpc) is 3.23. The van der Waals surface area contributed by atoms with Crippen molar-refractivity contribution in [2.75, 3.05) is 11.1 Å². The maximum Gasteiger partial charge on any atom is 0.251 e. The molecule has 0 spiro atoms. The van der Waals surface area contributed by atoms with E-state index in [2.05, 4.69) is 41.3 Å². The number of thioether (sulfide) groups is 1. The molecule has 2 aromatic carbocycles. The number of carbonyl (C=O) groups is 2. The Bertz CT molecular complexity index is 1170. The molecule has 0 aliphatic carbocycles. The van der Waals surface area contributed by atoms with Crippen LogP contribution < -0.4 is 10.6 Å². The first-order chi connectivity index (χ1) is 16.8. The van der Waals surface area contributed by atoms with Crippen molar-refractivity contribution >= 4 is 29.3 Å². The molecule has 8 heteroatoms. The van der Waals surface area contributed by atoms with Crippen LogP contribution in [-0.2, 0) is 11.3 Å². The van der Waals surface area contributed by atoms with Gasteiger partial charge in [0.1, 0.15) is 0 Å². The maximum absolute atomic E-state index is 12.9. The summed E-state index contributed by atoms with van der Waals surface area (Å²) in [6.45, 7) is 12.5. The molecular formula is C27H33N5O2S. The highest BCUT2D eigenvalue weighted by atomic mass is 32.2. The van der Waals surface area contributed by atoms with Crippen molar-refractivity contribution < 1.29 is 9.59 Å². The second-order valence-electron chi connectivity index (χ2n) is 8.85. The minimum Gasteiger partial charge on any atom is -0.342 e. The Hall–Kier alpha value is -3.39. The van der Waals surface area contributed by atoms with Gasteiger partial charge in [-0.15, -0.1) is 16.8 Å². The SMILES string of the molecule is C=CCn1c(SCC(=O)Nc2cccc(C)c2C)nnc1C(CC(C)C)NC(=O)c1ccccc1. The quantitative estimate of drug-likeness (QED) is 0.280. The average molecular weight is 492 g/mol. The minimum absolute atomic E-state index is 0.116. The lowest BCUT2D eigenvalue weighted by Gasteiger charge is -2.21. The van der Waals surface area contributed by atoms with E-state index < -0.39 is 0 Å². The van der Waals surface area contributed by atoms with Crippen molar-refractivity contribution in [2.24, 2.45) is 5.92 Å². The van der Waals surface area contributed by atoms with Crippen molar-refractivity contribution in [3.63, 3.8) is 0 Å². The largest absolute Gasteiger partial charge is 0.342 e. The van der Waals surface area contributed by atoms with Crippen LogP contribution in [0.5, 0.6) is 0 Å². The van der Waals surface area contributed by atoms with Gasteiger partial charge in [0.25, 0.3) is 5.91 Å². The topological polar surface area (TPSA) is 88.9 Å². The molecule has 0 aliphatic heterocycles. The summed E-state index contributed by atoms with van der Waals surface area (Å²) >= 11 is 1.31. The van der Waals surface area contributed by atoms with Crippen LogP contribution >= 0.6 is 11.8 Å². The number of hydrogen-bond donors (Lipinski definition) is 2. The van der Waals surface area contributed by atoms with Gasteiger partial charge in [0.2, 0.25) is 5.91 Å². The fraction of sp³-hybridized carbons (Fsp3) is 0.333. The van der Waals surface area contributed by atoms with Crippen LogP contribution in [0.15, 0.2) is 66.3 Å². The molecule has 0 fully saturated rings. The van der Waals surface area contributed by atoms with Crippen molar-refractivity contribution in [3.8, 4) is 0 Å². The highest BCUT2D eigenvalue weighted by Crippen LogP contribution is 2.26. The number of nitrogens with one attached hydrogen (secondary N) is 2. The fourth-order valence-corrected chi connectivity index (χ4v) is 4.45. The monoisotopic (exact) mass is 491 g/mol. The van der Waals surface area contributed by atoms with E-state index in [0.717, 1.165) is 16.8 Å². The van der Waals surface area contributed by atoms with Gasteiger partial charge in [-0.25, -0.2) is 0 Å². The van der Waals surface area contributed by atoms with Crippen molar-refractivity contribution in [1.29, 1.82) is 0 Å². The Balaban J connectivity index is 1.77. The van der Waals surface area contributed by atoms with Crippen molar-refractivity contribution in [2.45, 2.75) is 51.9 Å². The number of nitrogens with zero attached hydrogens (tertiary/aromatic N) is 3. The number of aryl methyl sites for hydroxylation is 1. The molecular weight excluding hydrogens is 458 g/mol. The summed E-state index contributed by atoms with van der Waals surface area (Å²) in [6.07, 6.45) is 2.46. The second kappa shape index (κ2) is 12.4. The lowest BCUT2D eigenvalue weighted by atomic mass is 10.0. The molecule has 1 aromatic heterocycles. The van der Waals surface area contributed by atoms with Crippen molar-refractivity contribution in [1.82, 2.24) is 20.1 Å². The molecule has 1 heterocycles. The summed E-state index contributed by atoms with van der Waals surface area (Å²) in [5.74, 6) is 0.888. The summed E-state index contributed by atoms with van der Waals surface area (Å²) in [6, 6.07) is 14.6. The van der Waals surface area contributed by atoms with Gasteiger partial charge in [-0.2, -0.15) is 0 Å². The van der Waals surface area contributed by atoms with Gasteiger partial charge in [-0.3, -0.25) is 9.59 Å². The number of allylic oxidation sites excluding steroid dienone is 1. The zero-order chi connectivity index (χ0) is 25.4. The molecule has 2 amide bonds. The van der Waals surface area contributed by atoms with Gasteiger partial charge in [-0.05, 0) is 55.5 Å². The Labute approximate surface area is 211 Å². The van der Waals surface area contributed by atoms with Crippen LogP contribution in [0.25, 0.3) is 0 Å². The summed E-state index contributed by atoms with van der Waals surface area (Å²) in [4.78, 5) is 25.5. The smallest absolute Gasteiger partial charge is 0.251 e. The number of rotatable bonds is 11. The standard InChI is InChI=1S/C27H33N5O2S/c1-6-15-32-25(23(16-18(2)3)29-26(34)21-12-8-7-9-13-21)30-31-27(32)35-17-24(33)28-22-14-10-11-19(4)20(22)5/h6-14,18,23H,1,15-17H2,2-5H3,(H,28,33)(H,29,34). The number of benzene rings is 2. The van der Waals surface area contributed by atoms with Crippen LogP contribution in [0.3, 0.4) is 0 Å². The van der Waals surface area contributed by atoms with E-state index in [1.807, 2.05) is 54.8 Å². The predicted octanol–water partition coefficient (Wildman–Crippen LogP) is 5.33. The molecule has 3 aromatic rings. The molecule has 0 aliphatic rings. The summed E-state index contributed by atoms with van der Waals surface area (Å²) in [5.41, 5.74) is 3.58. The van der Waals surface area contributed by atoms with Gasteiger partial charge >= 0.3 is 0 Å². The van der Waals surface area contributed by atoms with Crippen LogP contribution in [-0.4, -0.2) is 32.3 Å². The Kier molecular flexibility index (Phi) is 9.25. The van der Waals surface area contributed by atoms with Gasteiger partial charge in [0.05, 0.1) is 11.8 Å². The third kappa shape index (κ3) is 7.05. The van der Waals surface area contributed by atoms with Gasteiger partial charge in [-0.1, -0.05) is 62.0 Å². The van der Waals surface area contributed by atoms with Gasteiger partial charge in [0.15, 0.2) is 11.0 Å². The van der Waals surface area contributed by atoms with E-state index >= 15 is 0 Å². The zero-order valence-corrected chi connectivity index (χ0v) is 21.6. The minimum atomic E-state index is -0.326. The van der Waals surface area contributed by atoms with E-state index in [9.17, 15) is 9.59 Å². The van der Waals surface area contributed by atoms with E-state index in [4.69, 9.17) is 0 Å². The third-order valence-corrected chi connectivity index (χ3v) is 6.60. The fourth-order valence-electron chi connectivity index (χ4n) is 3.70. The summed E-state index contributed by atoms with van der Waals surface area (Å²) in [7, 11) is 0. The molecule has 0 saturated carbocycles. The number of aromatic nitrogens is 3. The lowest BCUT2D eigenvalue weighted by Crippen LogP contribution is -2.31. The lowest BCUT2D eigenvalue weighted by molar-refractivity contribution is -0.113. The van der Waals surface area contributed by atoms with E-state index in [-0.39, 0.29) is 23.6 Å². The number of amides is 2. The molecule has 1 atom stereocenters. The zero-order valence-electron chi connectivity index (χ0n) is 20.7. The van der Waals surface area contributed by atoms with Crippen LogP contribution in [0.1, 0.15) is 53.6 Å². The molecule has 35 heavy (non-hydrogen) atoms. The summed E-state index contributed by atoms with van der Waals surface area (Å²) in [5, 5.41) is 15.5. The summed E-state index contributed by atoms with van der Waals surface area (Å²) < 4.78 is 1.92. The van der Waals surface area contributed by atoms with Crippen LogP contribution in [0.2, 0.25) is 0 Å². The number of carbonyl (C=O) groups excluding carboxylic acids is 2. The third-order valence-electron chi connectivity index (χ3n) is 5.63. The Morgan fingerprint density at radius 1 is 1.09 bits per heavy atom. The highest BCUT2D eigenvalue weighted by Gasteiger charge is 2.24. The van der Waals surface area contributed by atoms with Gasteiger partial charge < -0.3 is 15.2 Å². The van der Waals surface area contributed by atoms with Crippen LogP contribution in [0, 0.1) is 19.8 Å². The number of anilines is 1. The van der Waals surface area contributed by atoms with E-state index in [0.29, 0.717) is 35.4 Å².